The Hall–Kier alpha value is -2.63. The summed E-state index contributed by atoms with van der Waals surface area (Å²) in [6.07, 6.45) is -8.95. The lowest BCUT2D eigenvalue weighted by atomic mass is 10.3. The highest BCUT2D eigenvalue weighted by molar-refractivity contribution is 9.10. The van der Waals surface area contributed by atoms with Gasteiger partial charge in [0, 0.05) is 16.4 Å². The molecular formula is C16H8BrF6N5. The van der Waals surface area contributed by atoms with E-state index in [-0.39, 0.29) is 21.4 Å². The second-order valence-corrected chi connectivity index (χ2v) is 6.83. The van der Waals surface area contributed by atoms with Crippen LogP contribution in [0.15, 0.2) is 34.9 Å². The Morgan fingerprint density at radius 3 is 2.29 bits per heavy atom. The third kappa shape index (κ3) is 2.91. The minimum Gasteiger partial charge on any atom is -0.294 e. The second-order valence-electron chi connectivity index (χ2n) is 5.92. The van der Waals surface area contributed by atoms with E-state index in [0.29, 0.717) is 8.87 Å². The molecule has 0 bridgehead atoms. The first kappa shape index (κ1) is 18.7. The molecule has 0 saturated carbocycles. The Bertz CT molecular complexity index is 1120. The molecule has 0 aliphatic carbocycles. The Labute approximate surface area is 160 Å². The van der Waals surface area contributed by atoms with Crippen LogP contribution in [0.5, 0.6) is 0 Å². The van der Waals surface area contributed by atoms with E-state index in [4.69, 9.17) is 0 Å². The highest BCUT2D eigenvalue weighted by atomic mass is 79.9. The maximum atomic E-state index is 13.8. The van der Waals surface area contributed by atoms with Crippen molar-refractivity contribution in [1.29, 1.82) is 0 Å². The van der Waals surface area contributed by atoms with Crippen LogP contribution in [0.4, 0.5) is 26.3 Å². The lowest BCUT2D eigenvalue weighted by Gasteiger charge is -2.13. The normalized spacial score (nSPS) is 13.0. The van der Waals surface area contributed by atoms with Crippen molar-refractivity contribution in [2.24, 2.45) is 0 Å². The molecule has 4 rings (SSSR count). The molecular weight excluding hydrogens is 456 g/mol. The van der Waals surface area contributed by atoms with Crippen LogP contribution in [0.3, 0.4) is 0 Å². The van der Waals surface area contributed by atoms with Crippen molar-refractivity contribution < 1.29 is 26.3 Å². The first-order chi connectivity index (χ1) is 13.0. The van der Waals surface area contributed by atoms with Crippen LogP contribution >= 0.6 is 15.9 Å². The van der Waals surface area contributed by atoms with Crippen molar-refractivity contribution in [3.05, 3.63) is 46.3 Å². The van der Waals surface area contributed by atoms with Gasteiger partial charge in [0.05, 0.1) is 0 Å². The molecule has 4 aromatic rings. The zero-order valence-electron chi connectivity index (χ0n) is 13.8. The van der Waals surface area contributed by atoms with Gasteiger partial charge in [0.2, 0.25) is 0 Å². The first-order valence-electron chi connectivity index (χ1n) is 7.65. The SMILES string of the molecule is Cc1ccc2nc(-c3nc4ccc(Br)cn4c3C(F)(F)F)n(C(F)(F)F)c2n1. The van der Waals surface area contributed by atoms with Gasteiger partial charge in [-0.15, -0.1) is 13.2 Å². The van der Waals surface area contributed by atoms with E-state index >= 15 is 0 Å². The summed E-state index contributed by atoms with van der Waals surface area (Å²) < 4.78 is 83.2. The van der Waals surface area contributed by atoms with Gasteiger partial charge in [-0.1, -0.05) is 0 Å². The number of halogens is 7. The molecule has 146 valence electrons. The van der Waals surface area contributed by atoms with Crippen LogP contribution in [-0.2, 0) is 12.5 Å². The molecule has 0 aliphatic heterocycles. The zero-order valence-corrected chi connectivity index (χ0v) is 15.4. The van der Waals surface area contributed by atoms with Gasteiger partial charge in [-0.3, -0.25) is 4.40 Å². The summed E-state index contributed by atoms with van der Waals surface area (Å²) >= 11 is 3.05. The van der Waals surface area contributed by atoms with Crippen molar-refractivity contribution in [2.75, 3.05) is 0 Å². The standard InChI is InChI=1S/C16H8BrF6N5/c1-7-2-4-9-13(24-7)28(16(21,22)23)14(25-9)11-12(15(18,19)20)27-6-8(17)3-5-10(27)26-11/h2-6H,1H3. The number of hydrogen-bond acceptors (Lipinski definition) is 3. The molecule has 4 aromatic heterocycles. The number of rotatable bonds is 1. The van der Waals surface area contributed by atoms with Gasteiger partial charge in [0.1, 0.15) is 16.9 Å². The van der Waals surface area contributed by atoms with Crippen LogP contribution < -0.4 is 0 Å². The van der Waals surface area contributed by atoms with Crippen LogP contribution in [0.2, 0.25) is 0 Å². The van der Waals surface area contributed by atoms with E-state index in [1.165, 1.54) is 31.2 Å². The minimum absolute atomic E-state index is 0.171. The van der Waals surface area contributed by atoms with Gasteiger partial charge in [-0.2, -0.15) is 13.2 Å². The van der Waals surface area contributed by atoms with Crippen molar-refractivity contribution in [2.45, 2.75) is 19.4 Å². The minimum atomic E-state index is -5.05. The third-order valence-electron chi connectivity index (χ3n) is 3.96. The molecule has 5 nitrogen and oxygen atoms in total. The molecule has 0 amide bonds. The second kappa shape index (κ2) is 5.93. The van der Waals surface area contributed by atoms with Crippen LogP contribution in [0.1, 0.15) is 11.4 Å². The first-order valence-corrected chi connectivity index (χ1v) is 8.44. The fourth-order valence-corrected chi connectivity index (χ4v) is 3.23. The molecule has 0 radical (unpaired) electrons. The number of pyridine rings is 2. The monoisotopic (exact) mass is 463 g/mol. The van der Waals surface area contributed by atoms with Crippen molar-refractivity contribution >= 4 is 32.7 Å². The Kier molecular flexibility index (Phi) is 3.97. The van der Waals surface area contributed by atoms with E-state index < -0.39 is 35.3 Å². The van der Waals surface area contributed by atoms with E-state index in [1.54, 1.807) is 0 Å². The van der Waals surface area contributed by atoms with E-state index in [9.17, 15) is 26.3 Å². The molecule has 0 atom stereocenters. The predicted octanol–water partition coefficient (Wildman–Crippen LogP) is 5.31. The maximum Gasteiger partial charge on any atom is 0.491 e. The topological polar surface area (TPSA) is 48.0 Å². The summed E-state index contributed by atoms with van der Waals surface area (Å²) in [5, 5.41) is 0. The summed E-state index contributed by atoms with van der Waals surface area (Å²) in [4.78, 5) is 11.4. The van der Waals surface area contributed by atoms with Crippen molar-refractivity contribution in [1.82, 2.24) is 23.9 Å². The quantitative estimate of drug-likeness (QED) is 0.359. The zero-order chi connectivity index (χ0) is 20.4. The fourth-order valence-electron chi connectivity index (χ4n) is 2.90. The van der Waals surface area contributed by atoms with Crippen LogP contribution in [0, 0.1) is 6.92 Å². The molecule has 0 aromatic carbocycles. The number of nitrogens with zero attached hydrogens (tertiary/aromatic N) is 5. The summed E-state index contributed by atoms with van der Waals surface area (Å²) in [6.45, 7) is 1.47. The van der Waals surface area contributed by atoms with Crippen molar-refractivity contribution in [3.8, 4) is 11.5 Å². The molecule has 12 heteroatoms. The number of alkyl halides is 6. The van der Waals surface area contributed by atoms with Crippen LogP contribution in [0.25, 0.3) is 28.3 Å². The molecule has 0 unspecified atom stereocenters. The summed E-state index contributed by atoms with van der Waals surface area (Å²) in [5.74, 6) is -0.979. The Morgan fingerprint density at radius 2 is 1.64 bits per heavy atom. The Morgan fingerprint density at radius 1 is 0.929 bits per heavy atom. The summed E-state index contributed by atoms with van der Waals surface area (Å²) in [7, 11) is 0. The molecule has 0 fully saturated rings. The van der Waals surface area contributed by atoms with E-state index in [0.717, 1.165) is 6.20 Å². The lowest BCUT2D eigenvalue weighted by Crippen LogP contribution is -2.20. The lowest BCUT2D eigenvalue weighted by molar-refractivity contribution is -0.200. The van der Waals surface area contributed by atoms with Crippen LogP contribution in [-0.4, -0.2) is 23.9 Å². The number of aryl methyl sites for hydroxylation is 1. The largest absolute Gasteiger partial charge is 0.491 e. The summed E-state index contributed by atoms with van der Waals surface area (Å²) in [5.41, 5.74) is -2.98. The summed E-state index contributed by atoms with van der Waals surface area (Å²) in [6, 6.07) is 5.38. The van der Waals surface area contributed by atoms with E-state index in [1.807, 2.05) is 0 Å². The van der Waals surface area contributed by atoms with Gasteiger partial charge >= 0.3 is 12.5 Å². The van der Waals surface area contributed by atoms with Gasteiger partial charge in [-0.05, 0) is 47.1 Å². The number of hydrogen-bond donors (Lipinski definition) is 0. The number of aromatic nitrogens is 5. The fraction of sp³-hybridized carbons (Fsp3) is 0.188. The predicted molar refractivity (Wildman–Crippen MR) is 90.5 cm³/mol. The smallest absolute Gasteiger partial charge is 0.294 e. The molecule has 4 heterocycles. The van der Waals surface area contributed by atoms with E-state index in [2.05, 4.69) is 30.9 Å². The van der Waals surface area contributed by atoms with Crippen molar-refractivity contribution in [3.63, 3.8) is 0 Å². The Balaban J connectivity index is 2.16. The molecule has 28 heavy (non-hydrogen) atoms. The molecule has 0 aliphatic rings. The average Bonchev–Trinajstić information content (AvgIpc) is 3.10. The van der Waals surface area contributed by atoms with Gasteiger partial charge in [0.25, 0.3) is 0 Å². The molecule has 0 saturated heterocycles. The highest BCUT2D eigenvalue weighted by Gasteiger charge is 2.43. The maximum absolute atomic E-state index is 13.8. The van der Waals surface area contributed by atoms with Gasteiger partial charge in [-0.25, -0.2) is 19.5 Å². The molecule has 0 spiro atoms. The third-order valence-corrected chi connectivity index (χ3v) is 4.43. The average molecular weight is 464 g/mol. The molecule has 0 N–H and O–H groups in total. The number of fused-ring (bicyclic) bond motifs is 2. The van der Waals surface area contributed by atoms with Gasteiger partial charge < -0.3 is 0 Å². The van der Waals surface area contributed by atoms with Gasteiger partial charge in [0.15, 0.2) is 17.2 Å². The highest BCUT2D eigenvalue weighted by Crippen LogP contribution is 2.40. The number of imidazole rings is 2.